The van der Waals surface area contributed by atoms with Crippen LogP contribution in [0.15, 0.2) is 4.79 Å². The first kappa shape index (κ1) is 17.7. The van der Waals surface area contributed by atoms with Crippen molar-refractivity contribution in [2.75, 3.05) is 40.3 Å². The second-order valence-corrected chi connectivity index (χ2v) is 6.38. The van der Waals surface area contributed by atoms with E-state index in [0.29, 0.717) is 19.6 Å². The van der Waals surface area contributed by atoms with Gasteiger partial charge in [0.25, 0.3) is 0 Å². The number of aromatic nitrogens is 3. The molecule has 0 unspecified atom stereocenters. The van der Waals surface area contributed by atoms with Gasteiger partial charge in [-0.25, -0.2) is 9.48 Å². The van der Waals surface area contributed by atoms with Crippen LogP contribution < -0.4 is 5.69 Å². The summed E-state index contributed by atoms with van der Waals surface area (Å²) in [7, 11) is 3.93. The van der Waals surface area contributed by atoms with Crippen molar-refractivity contribution in [3.8, 4) is 0 Å². The molecule has 1 atom stereocenters. The Balaban J connectivity index is 2.19. The van der Waals surface area contributed by atoms with E-state index in [-0.39, 0.29) is 18.2 Å². The molecule has 1 saturated heterocycles. The molecule has 1 aromatic heterocycles. The summed E-state index contributed by atoms with van der Waals surface area (Å²) in [6.45, 7) is 5.35. The number of nitrogens with zero attached hydrogens (tertiary/aromatic N) is 5. The average molecular weight is 325 g/mol. The zero-order valence-electron chi connectivity index (χ0n) is 14.2. The van der Waals surface area contributed by atoms with Crippen LogP contribution in [0.2, 0.25) is 0 Å². The summed E-state index contributed by atoms with van der Waals surface area (Å²) in [5.41, 5.74) is -0.0697. The number of carboxylic acid groups (broad SMARTS) is 1. The lowest BCUT2D eigenvalue weighted by Gasteiger charge is -2.30. The third kappa shape index (κ3) is 4.42. The molecule has 0 bridgehead atoms. The average Bonchev–Trinajstić information content (AvgIpc) is 2.81. The normalized spacial score (nSPS) is 19.4. The highest BCUT2D eigenvalue weighted by molar-refractivity contribution is 5.69. The second kappa shape index (κ2) is 7.74. The minimum Gasteiger partial charge on any atom is -0.480 e. The SMILES string of the molecule is CCn1c([C@H]2CCCN(CC(=O)O)C2)nn(CCN(C)C)c1=O. The lowest BCUT2D eigenvalue weighted by Crippen LogP contribution is -2.39. The maximum atomic E-state index is 12.5. The van der Waals surface area contributed by atoms with Gasteiger partial charge in [0.2, 0.25) is 0 Å². The predicted molar refractivity (Wildman–Crippen MR) is 86.8 cm³/mol. The van der Waals surface area contributed by atoms with Gasteiger partial charge in [-0.15, -0.1) is 0 Å². The van der Waals surface area contributed by atoms with E-state index in [2.05, 4.69) is 5.10 Å². The summed E-state index contributed by atoms with van der Waals surface area (Å²) in [6, 6.07) is 0. The van der Waals surface area contributed by atoms with E-state index in [1.165, 1.54) is 4.68 Å². The van der Waals surface area contributed by atoms with Gasteiger partial charge >= 0.3 is 11.7 Å². The number of piperidine rings is 1. The summed E-state index contributed by atoms with van der Waals surface area (Å²) >= 11 is 0. The molecule has 1 aliphatic heterocycles. The van der Waals surface area contributed by atoms with Crippen LogP contribution in [0.5, 0.6) is 0 Å². The van der Waals surface area contributed by atoms with E-state index in [4.69, 9.17) is 5.11 Å². The van der Waals surface area contributed by atoms with E-state index >= 15 is 0 Å². The van der Waals surface area contributed by atoms with Crippen molar-refractivity contribution in [2.45, 2.75) is 38.8 Å². The minimum absolute atomic E-state index is 0.0498. The lowest BCUT2D eigenvalue weighted by atomic mass is 9.97. The molecular formula is C15H27N5O3. The van der Waals surface area contributed by atoms with Gasteiger partial charge in [-0.2, -0.15) is 5.10 Å². The van der Waals surface area contributed by atoms with Gasteiger partial charge in [-0.05, 0) is 40.4 Å². The number of likely N-dealkylation sites (N-methyl/N-ethyl adjacent to an activating group) is 1. The Bertz CT molecular complexity index is 592. The molecule has 1 fully saturated rings. The third-order valence-electron chi connectivity index (χ3n) is 4.26. The number of aliphatic carboxylic acids is 1. The smallest absolute Gasteiger partial charge is 0.345 e. The Hall–Kier alpha value is -1.67. The summed E-state index contributed by atoms with van der Waals surface area (Å²) in [5.74, 6) is 0.109. The van der Waals surface area contributed by atoms with E-state index in [0.717, 1.165) is 31.8 Å². The Labute approximate surface area is 136 Å². The molecule has 0 aromatic carbocycles. The third-order valence-corrected chi connectivity index (χ3v) is 4.26. The summed E-state index contributed by atoms with van der Waals surface area (Å²) < 4.78 is 3.26. The fraction of sp³-hybridized carbons (Fsp3) is 0.800. The van der Waals surface area contributed by atoms with Gasteiger partial charge in [0, 0.05) is 25.6 Å². The second-order valence-electron chi connectivity index (χ2n) is 6.38. The van der Waals surface area contributed by atoms with Crippen molar-refractivity contribution < 1.29 is 9.90 Å². The first-order valence-electron chi connectivity index (χ1n) is 8.18. The number of hydrogen-bond acceptors (Lipinski definition) is 5. The number of rotatable bonds is 7. The maximum absolute atomic E-state index is 12.5. The molecule has 2 rings (SSSR count). The van der Waals surface area contributed by atoms with E-state index in [9.17, 15) is 9.59 Å². The summed E-state index contributed by atoms with van der Waals surface area (Å²) in [6.07, 6.45) is 1.88. The number of likely N-dealkylation sites (tertiary alicyclic amines) is 1. The van der Waals surface area contributed by atoms with E-state index in [1.54, 1.807) is 4.57 Å². The van der Waals surface area contributed by atoms with Crippen molar-refractivity contribution in [1.82, 2.24) is 24.1 Å². The van der Waals surface area contributed by atoms with Crippen molar-refractivity contribution in [2.24, 2.45) is 0 Å². The molecule has 1 aliphatic rings. The van der Waals surface area contributed by atoms with Crippen LogP contribution >= 0.6 is 0 Å². The lowest BCUT2D eigenvalue weighted by molar-refractivity contribution is -0.138. The van der Waals surface area contributed by atoms with Crippen molar-refractivity contribution >= 4 is 5.97 Å². The molecule has 1 aromatic rings. The largest absolute Gasteiger partial charge is 0.480 e. The van der Waals surface area contributed by atoms with Crippen LogP contribution in [0.3, 0.4) is 0 Å². The van der Waals surface area contributed by atoms with Gasteiger partial charge in [-0.1, -0.05) is 0 Å². The fourth-order valence-electron chi connectivity index (χ4n) is 3.10. The monoisotopic (exact) mass is 325 g/mol. The molecule has 0 spiro atoms. The maximum Gasteiger partial charge on any atom is 0.345 e. The van der Waals surface area contributed by atoms with Crippen LogP contribution in [-0.4, -0.2) is 75.5 Å². The molecule has 130 valence electrons. The molecule has 2 heterocycles. The van der Waals surface area contributed by atoms with Crippen LogP contribution in [0.25, 0.3) is 0 Å². The minimum atomic E-state index is -0.810. The first-order chi connectivity index (χ1) is 10.9. The van der Waals surface area contributed by atoms with Gasteiger partial charge < -0.3 is 10.0 Å². The molecule has 8 nitrogen and oxygen atoms in total. The molecule has 0 aliphatic carbocycles. The molecule has 0 saturated carbocycles. The zero-order chi connectivity index (χ0) is 17.0. The number of carbonyl (C=O) groups is 1. The van der Waals surface area contributed by atoms with Gasteiger partial charge in [0.05, 0.1) is 13.1 Å². The van der Waals surface area contributed by atoms with E-state index < -0.39 is 5.97 Å². The molecule has 23 heavy (non-hydrogen) atoms. The van der Waals surface area contributed by atoms with Gasteiger partial charge in [0.15, 0.2) is 0 Å². The van der Waals surface area contributed by atoms with Crippen molar-refractivity contribution in [3.63, 3.8) is 0 Å². The van der Waals surface area contributed by atoms with Crippen LogP contribution in [0.4, 0.5) is 0 Å². The van der Waals surface area contributed by atoms with Gasteiger partial charge in [0.1, 0.15) is 5.82 Å². The zero-order valence-corrected chi connectivity index (χ0v) is 14.2. The molecular weight excluding hydrogens is 298 g/mol. The molecule has 0 amide bonds. The summed E-state index contributed by atoms with van der Waals surface area (Å²) in [5, 5.41) is 13.5. The highest BCUT2D eigenvalue weighted by atomic mass is 16.4. The highest BCUT2D eigenvalue weighted by Crippen LogP contribution is 2.24. The summed E-state index contributed by atoms with van der Waals surface area (Å²) in [4.78, 5) is 27.3. The topological polar surface area (TPSA) is 83.6 Å². The van der Waals surface area contributed by atoms with Crippen LogP contribution in [-0.2, 0) is 17.9 Å². The number of carboxylic acids is 1. The van der Waals surface area contributed by atoms with E-state index in [1.807, 2.05) is 30.8 Å². The molecule has 1 N–H and O–H groups in total. The molecule has 8 heteroatoms. The number of hydrogen-bond donors (Lipinski definition) is 1. The molecule has 0 radical (unpaired) electrons. The Kier molecular flexibility index (Phi) is 5.95. The Morgan fingerprint density at radius 3 is 2.78 bits per heavy atom. The van der Waals surface area contributed by atoms with Crippen molar-refractivity contribution in [3.05, 3.63) is 16.3 Å². The quantitative estimate of drug-likeness (QED) is 0.753. The Morgan fingerprint density at radius 1 is 1.43 bits per heavy atom. The standard InChI is InChI=1S/C15H27N5O3/c1-4-19-14(16-20(15(19)23)9-8-17(2)3)12-6-5-7-18(10-12)11-13(21)22/h12H,4-11H2,1-3H3,(H,21,22)/t12-/m0/s1. The first-order valence-corrected chi connectivity index (χ1v) is 8.18. The van der Waals surface area contributed by atoms with Crippen molar-refractivity contribution in [1.29, 1.82) is 0 Å². The van der Waals surface area contributed by atoms with Crippen LogP contribution in [0.1, 0.15) is 31.5 Å². The van der Waals surface area contributed by atoms with Crippen LogP contribution in [0, 0.1) is 0 Å². The van der Waals surface area contributed by atoms with Gasteiger partial charge in [-0.3, -0.25) is 14.3 Å². The predicted octanol–water partition coefficient (Wildman–Crippen LogP) is -0.110. The Morgan fingerprint density at radius 2 is 2.17 bits per heavy atom. The fourth-order valence-corrected chi connectivity index (χ4v) is 3.10. The highest BCUT2D eigenvalue weighted by Gasteiger charge is 2.27.